The summed E-state index contributed by atoms with van der Waals surface area (Å²) in [5, 5.41) is 0. The van der Waals surface area contributed by atoms with Gasteiger partial charge in [0.1, 0.15) is 0 Å². The number of nitrogens with zero attached hydrogens (tertiary/aromatic N) is 1. The highest BCUT2D eigenvalue weighted by molar-refractivity contribution is 6.17. The Labute approximate surface area is 110 Å². The molecule has 0 aromatic rings. The first kappa shape index (κ1) is 15.2. The first-order valence-corrected chi connectivity index (χ1v) is 7.28. The number of ether oxygens (including phenoxy) is 2. The van der Waals surface area contributed by atoms with Crippen molar-refractivity contribution in [2.75, 3.05) is 45.9 Å². The van der Waals surface area contributed by atoms with E-state index in [2.05, 4.69) is 4.90 Å². The average Bonchev–Trinajstić information content (AvgIpc) is 2.78. The Hall–Kier alpha value is 0.170. The van der Waals surface area contributed by atoms with Crippen LogP contribution in [0.5, 0.6) is 0 Å². The molecule has 1 heterocycles. The summed E-state index contributed by atoms with van der Waals surface area (Å²) in [6.45, 7) is 4.76. The molecule has 1 unspecified atom stereocenters. The van der Waals surface area contributed by atoms with E-state index in [9.17, 15) is 0 Å². The Balaban J connectivity index is 2.00. The number of alkyl halides is 1. The number of hydrogen-bond acceptors (Lipinski definition) is 3. The standard InChI is InChI=1S/C13H26ClNO2/c1-16-10-4-11-17-12-9-15-8-3-6-13(15)5-2-7-14/h13H,2-12H2,1H3. The third-order valence-electron chi connectivity index (χ3n) is 3.33. The van der Waals surface area contributed by atoms with Gasteiger partial charge in [-0.05, 0) is 38.6 Å². The number of methoxy groups -OCH3 is 1. The molecule has 0 saturated carbocycles. The van der Waals surface area contributed by atoms with Gasteiger partial charge in [0.05, 0.1) is 6.61 Å². The molecule has 1 aliphatic heterocycles. The molecule has 1 fully saturated rings. The van der Waals surface area contributed by atoms with Crippen LogP contribution in [0.15, 0.2) is 0 Å². The second-order valence-electron chi connectivity index (χ2n) is 4.62. The predicted molar refractivity (Wildman–Crippen MR) is 71.9 cm³/mol. The zero-order chi connectivity index (χ0) is 12.3. The van der Waals surface area contributed by atoms with Crippen molar-refractivity contribution in [3.05, 3.63) is 0 Å². The van der Waals surface area contributed by atoms with Gasteiger partial charge in [-0.3, -0.25) is 4.90 Å². The van der Waals surface area contributed by atoms with Gasteiger partial charge >= 0.3 is 0 Å². The van der Waals surface area contributed by atoms with Gasteiger partial charge < -0.3 is 9.47 Å². The number of hydrogen-bond donors (Lipinski definition) is 0. The summed E-state index contributed by atoms with van der Waals surface area (Å²) in [5.41, 5.74) is 0. The number of likely N-dealkylation sites (tertiary alicyclic amines) is 1. The van der Waals surface area contributed by atoms with Crippen LogP contribution in [-0.2, 0) is 9.47 Å². The number of rotatable bonds is 10. The number of halogens is 1. The molecule has 0 bridgehead atoms. The molecular weight excluding hydrogens is 238 g/mol. The quantitative estimate of drug-likeness (QED) is 0.447. The lowest BCUT2D eigenvalue weighted by atomic mass is 10.1. The fourth-order valence-corrected chi connectivity index (χ4v) is 2.57. The van der Waals surface area contributed by atoms with E-state index in [4.69, 9.17) is 21.1 Å². The molecular formula is C13H26ClNO2. The molecule has 0 spiro atoms. The molecule has 0 N–H and O–H groups in total. The molecule has 1 saturated heterocycles. The first-order valence-electron chi connectivity index (χ1n) is 6.75. The summed E-state index contributed by atoms with van der Waals surface area (Å²) in [6, 6.07) is 0.747. The maximum absolute atomic E-state index is 5.75. The minimum absolute atomic E-state index is 0.747. The molecule has 1 rings (SSSR count). The predicted octanol–water partition coefficient (Wildman–Crippen LogP) is 2.52. The highest BCUT2D eigenvalue weighted by Gasteiger charge is 2.23. The Bertz CT molecular complexity index is 181. The molecule has 0 radical (unpaired) electrons. The highest BCUT2D eigenvalue weighted by atomic mass is 35.5. The van der Waals surface area contributed by atoms with E-state index in [0.717, 1.165) is 51.1 Å². The fraction of sp³-hybridized carbons (Fsp3) is 1.00. The molecule has 1 aliphatic rings. The Morgan fingerprint density at radius 2 is 2.12 bits per heavy atom. The van der Waals surface area contributed by atoms with Crippen LogP contribution >= 0.6 is 11.6 Å². The third kappa shape index (κ3) is 6.61. The van der Waals surface area contributed by atoms with E-state index < -0.39 is 0 Å². The lowest BCUT2D eigenvalue weighted by Crippen LogP contribution is -2.32. The van der Waals surface area contributed by atoms with Crippen LogP contribution < -0.4 is 0 Å². The van der Waals surface area contributed by atoms with Gasteiger partial charge in [0, 0.05) is 38.8 Å². The Morgan fingerprint density at radius 3 is 2.88 bits per heavy atom. The van der Waals surface area contributed by atoms with Gasteiger partial charge in [-0.1, -0.05) is 0 Å². The highest BCUT2D eigenvalue weighted by Crippen LogP contribution is 2.20. The molecule has 4 heteroatoms. The SMILES string of the molecule is COCCCOCCN1CCCC1CCCCl. The minimum atomic E-state index is 0.747. The van der Waals surface area contributed by atoms with E-state index in [0.29, 0.717) is 0 Å². The summed E-state index contributed by atoms with van der Waals surface area (Å²) in [4.78, 5) is 2.56. The fourth-order valence-electron chi connectivity index (χ4n) is 2.42. The van der Waals surface area contributed by atoms with E-state index in [1.807, 2.05) is 0 Å². The van der Waals surface area contributed by atoms with E-state index in [1.165, 1.54) is 25.8 Å². The summed E-state index contributed by atoms with van der Waals surface area (Å²) in [5.74, 6) is 0.790. The Kier molecular flexibility index (Phi) is 9.07. The van der Waals surface area contributed by atoms with Crippen LogP contribution in [0.4, 0.5) is 0 Å². The van der Waals surface area contributed by atoms with Crippen LogP contribution in [0.2, 0.25) is 0 Å². The van der Waals surface area contributed by atoms with E-state index >= 15 is 0 Å². The van der Waals surface area contributed by atoms with Crippen molar-refractivity contribution in [3.63, 3.8) is 0 Å². The zero-order valence-electron chi connectivity index (χ0n) is 11.0. The van der Waals surface area contributed by atoms with Gasteiger partial charge in [-0.2, -0.15) is 0 Å². The Morgan fingerprint density at radius 1 is 1.24 bits per heavy atom. The molecule has 1 atom stereocenters. The van der Waals surface area contributed by atoms with Crippen molar-refractivity contribution in [1.82, 2.24) is 4.90 Å². The summed E-state index contributed by atoms with van der Waals surface area (Å²) in [6.07, 6.45) is 6.04. The molecule has 17 heavy (non-hydrogen) atoms. The average molecular weight is 264 g/mol. The van der Waals surface area contributed by atoms with Crippen LogP contribution in [0.25, 0.3) is 0 Å². The van der Waals surface area contributed by atoms with Gasteiger partial charge in [0.25, 0.3) is 0 Å². The van der Waals surface area contributed by atoms with Crippen molar-refractivity contribution in [2.45, 2.75) is 38.1 Å². The van der Waals surface area contributed by atoms with E-state index in [1.54, 1.807) is 7.11 Å². The van der Waals surface area contributed by atoms with Crippen LogP contribution in [-0.4, -0.2) is 56.8 Å². The third-order valence-corrected chi connectivity index (χ3v) is 3.60. The van der Waals surface area contributed by atoms with Crippen LogP contribution in [0, 0.1) is 0 Å². The summed E-state index contributed by atoms with van der Waals surface area (Å²) in [7, 11) is 1.73. The monoisotopic (exact) mass is 263 g/mol. The van der Waals surface area contributed by atoms with Crippen molar-refractivity contribution in [3.8, 4) is 0 Å². The topological polar surface area (TPSA) is 21.7 Å². The molecule has 3 nitrogen and oxygen atoms in total. The zero-order valence-corrected chi connectivity index (χ0v) is 11.8. The molecule has 0 aromatic heterocycles. The second-order valence-corrected chi connectivity index (χ2v) is 5.00. The smallest absolute Gasteiger partial charge is 0.0593 e. The van der Waals surface area contributed by atoms with Crippen LogP contribution in [0.1, 0.15) is 32.1 Å². The van der Waals surface area contributed by atoms with Gasteiger partial charge in [0.2, 0.25) is 0 Å². The molecule has 102 valence electrons. The maximum atomic E-state index is 5.75. The lowest BCUT2D eigenvalue weighted by molar-refractivity contribution is 0.0799. The van der Waals surface area contributed by atoms with Crippen molar-refractivity contribution in [2.24, 2.45) is 0 Å². The minimum Gasteiger partial charge on any atom is -0.385 e. The molecule has 0 aliphatic carbocycles. The lowest BCUT2D eigenvalue weighted by Gasteiger charge is -2.24. The molecule has 0 amide bonds. The summed E-state index contributed by atoms with van der Waals surface area (Å²) >= 11 is 5.75. The van der Waals surface area contributed by atoms with Gasteiger partial charge in [-0.15, -0.1) is 11.6 Å². The van der Waals surface area contributed by atoms with E-state index in [-0.39, 0.29) is 0 Å². The van der Waals surface area contributed by atoms with Gasteiger partial charge in [-0.25, -0.2) is 0 Å². The maximum Gasteiger partial charge on any atom is 0.0593 e. The van der Waals surface area contributed by atoms with Crippen LogP contribution in [0.3, 0.4) is 0 Å². The molecule has 0 aromatic carbocycles. The first-order chi connectivity index (χ1) is 8.38. The normalized spacial score (nSPS) is 21.2. The summed E-state index contributed by atoms with van der Waals surface area (Å²) < 4.78 is 10.6. The van der Waals surface area contributed by atoms with Crippen molar-refractivity contribution in [1.29, 1.82) is 0 Å². The van der Waals surface area contributed by atoms with Crippen molar-refractivity contribution >= 4 is 11.6 Å². The largest absolute Gasteiger partial charge is 0.385 e. The van der Waals surface area contributed by atoms with Gasteiger partial charge in [0.15, 0.2) is 0 Å². The second kappa shape index (κ2) is 10.1. The van der Waals surface area contributed by atoms with Crippen molar-refractivity contribution < 1.29 is 9.47 Å².